The van der Waals surface area contributed by atoms with Crippen LogP contribution in [0.15, 0.2) is 4.52 Å². The first-order valence-electron chi connectivity index (χ1n) is 6.68. The van der Waals surface area contributed by atoms with Crippen molar-refractivity contribution in [2.75, 3.05) is 26.3 Å². The second kappa shape index (κ2) is 5.77. The average Bonchev–Trinajstić information content (AvgIpc) is 2.89. The van der Waals surface area contributed by atoms with Gasteiger partial charge in [-0.25, -0.2) is 0 Å². The highest BCUT2D eigenvalue weighted by atomic mass is 16.5. The minimum Gasteiger partial charge on any atom is -0.378 e. The number of morpholine rings is 1. The first-order chi connectivity index (χ1) is 8.92. The van der Waals surface area contributed by atoms with Crippen molar-refractivity contribution in [3.8, 4) is 0 Å². The fourth-order valence-electron chi connectivity index (χ4n) is 2.38. The SMILES string of the molecule is C1CCC(Cc2noc(C3CNCCO3)n2)OC1. The molecule has 2 fully saturated rings. The largest absolute Gasteiger partial charge is 0.378 e. The molecule has 0 saturated carbocycles. The molecule has 2 atom stereocenters. The summed E-state index contributed by atoms with van der Waals surface area (Å²) in [5.74, 6) is 1.30. The predicted molar refractivity (Wildman–Crippen MR) is 63.2 cm³/mol. The number of rotatable bonds is 3. The molecule has 3 rings (SSSR count). The molecule has 0 bridgehead atoms. The first kappa shape index (κ1) is 12.1. The molecule has 0 aliphatic carbocycles. The van der Waals surface area contributed by atoms with Gasteiger partial charge in [-0.1, -0.05) is 5.16 Å². The zero-order valence-electron chi connectivity index (χ0n) is 10.4. The van der Waals surface area contributed by atoms with Crippen molar-refractivity contribution in [1.29, 1.82) is 0 Å². The van der Waals surface area contributed by atoms with Crippen LogP contribution >= 0.6 is 0 Å². The van der Waals surface area contributed by atoms with Gasteiger partial charge >= 0.3 is 0 Å². The molecule has 6 heteroatoms. The van der Waals surface area contributed by atoms with Gasteiger partial charge in [0.2, 0.25) is 0 Å². The Morgan fingerprint density at radius 1 is 1.22 bits per heavy atom. The summed E-state index contributed by atoms with van der Waals surface area (Å²) < 4.78 is 16.5. The summed E-state index contributed by atoms with van der Waals surface area (Å²) in [6.45, 7) is 3.16. The number of ether oxygens (including phenoxy) is 2. The first-order valence-corrected chi connectivity index (χ1v) is 6.68. The van der Waals surface area contributed by atoms with Crippen LogP contribution in [-0.4, -0.2) is 42.5 Å². The van der Waals surface area contributed by atoms with Gasteiger partial charge in [0, 0.05) is 26.1 Å². The van der Waals surface area contributed by atoms with Gasteiger partial charge in [0.15, 0.2) is 5.82 Å². The molecular weight excluding hydrogens is 234 g/mol. The number of hydrogen-bond acceptors (Lipinski definition) is 6. The molecule has 1 aromatic rings. The van der Waals surface area contributed by atoms with E-state index in [4.69, 9.17) is 14.0 Å². The Kier molecular flexibility index (Phi) is 3.87. The zero-order valence-corrected chi connectivity index (χ0v) is 10.4. The van der Waals surface area contributed by atoms with E-state index in [0.29, 0.717) is 12.5 Å². The molecular formula is C12H19N3O3. The molecule has 0 amide bonds. The van der Waals surface area contributed by atoms with E-state index in [1.54, 1.807) is 0 Å². The normalized spacial score (nSPS) is 29.3. The average molecular weight is 253 g/mol. The molecule has 1 aromatic heterocycles. The highest BCUT2D eigenvalue weighted by Gasteiger charge is 2.23. The van der Waals surface area contributed by atoms with Gasteiger partial charge in [0.05, 0.1) is 12.7 Å². The van der Waals surface area contributed by atoms with Crippen molar-refractivity contribution >= 4 is 0 Å². The molecule has 0 aromatic carbocycles. The lowest BCUT2D eigenvalue weighted by Gasteiger charge is -2.21. The van der Waals surface area contributed by atoms with Crippen LogP contribution in [-0.2, 0) is 15.9 Å². The molecule has 0 spiro atoms. The molecule has 3 heterocycles. The van der Waals surface area contributed by atoms with E-state index in [9.17, 15) is 0 Å². The van der Waals surface area contributed by atoms with Crippen molar-refractivity contribution in [2.45, 2.75) is 37.9 Å². The second-order valence-electron chi connectivity index (χ2n) is 4.81. The number of hydrogen-bond donors (Lipinski definition) is 1. The maximum atomic E-state index is 5.67. The standard InChI is InChI=1S/C12H19N3O3/c1-2-5-16-9(3-1)7-11-14-12(18-15-11)10-8-13-4-6-17-10/h9-10,13H,1-8H2. The molecule has 2 aliphatic rings. The van der Waals surface area contributed by atoms with E-state index in [-0.39, 0.29) is 12.2 Å². The van der Waals surface area contributed by atoms with Crippen molar-refractivity contribution in [3.63, 3.8) is 0 Å². The summed E-state index contributed by atoms with van der Waals surface area (Å²) in [4.78, 5) is 4.41. The number of nitrogens with one attached hydrogen (secondary N) is 1. The van der Waals surface area contributed by atoms with Crippen LogP contribution in [0.25, 0.3) is 0 Å². The predicted octanol–water partition coefficient (Wildman–Crippen LogP) is 0.842. The minimum absolute atomic E-state index is 0.104. The van der Waals surface area contributed by atoms with Crippen molar-refractivity contribution in [2.24, 2.45) is 0 Å². The molecule has 0 radical (unpaired) electrons. The summed E-state index contributed by atoms with van der Waals surface area (Å²) in [6, 6.07) is 0. The van der Waals surface area contributed by atoms with E-state index in [1.165, 1.54) is 6.42 Å². The lowest BCUT2D eigenvalue weighted by atomic mass is 10.1. The van der Waals surface area contributed by atoms with Crippen molar-refractivity contribution in [1.82, 2.24) is 15.5 Å². The Morgan fingerprint density at radius 2 is 2.22 bits per heavy atom. The molecule has 18 heavy (non-hydrogen) atoms. The Hall–Kier alpha value is -0.980. The Balaban J connectivity index is 1.58. The third kappa shape index (κ3) is 2.88. The van der Waals surface area contributed by atoms with E-state index in [2.05, 4.69) is 15.5 Å². The Morgan fingerprint density at radius 3 is 3.00 bits per heavy atom. The summed E-state index contributed by atoms with van der Waals surface area (Å²) in [7, 11) is 0. The summed E-state index contributed by atoms with van der Waals surface area (Å²) >= 11 is 0. The van der Waals surface area contributed by atoms with Gasteiger partial charge in [-0.2, -0.15) is 4.98 Å². The third-order valence-corrected chi connectivity index (χ3v) is 3.37. The summed E-state index contributed by atoms with van der Waals surface area (Å²) in [6.07, 6.45) is 4.36. The molecule has 100 valence electrons. The second-order valence-corrected chi connectivity index (χ2v) is 4.81. The van der Waals surface area contributed by atoms with Crippen molar-refractivity contribution < 1.29 is 14.0 Å². The van der Waals surface area contributed by atoms with Gasteiger partial charge in [-0.15, -0.1) is 0 Å². The topological polar surface area (TPSA) is 69.4 Å². The highest BCUT2D eigenvalue weighted by molar-refractivity contribution is 4.94. The maximum absolute atomic E-state index is 5.67. The smallest absolute Gasteiger partial charge is 0.257 e. The lowest BCUT2D eigenvalue weighted by Crippen LogP contribution is -2.33. The zero-order chi connectivity index (χ0) is 12.2. The van der Waals surface area contributed by atoms with Crippen LogP contribution in [0, 0.1) is 0 Å². The molecule has 2 saturated heterocycles. The lowest BCUT2D eigenvalue weighted by molar-refractivity contribution is 0.00754. The summed E-state index contributed by atoms with van der Waals surface area (Å²) in [5.41, 5.74) is 0. The van der Waals surface area contributed by atoms with E-state index < -0.39 is 0 Å². The van der Waals surface area contributed by atoms with Crippen LogP contribution in [0.3, 0.4) is 0 Å². The monoisotopic (exact) mass is 253 g/mol. The fraction of sp³-hybridized carbons (Fsp3) is 0.833. The quantitative estimate of drug-likeness (QED) is 0.861. The van der Waals surface area contributed by atoms with E-state index >= 15 is 0 Å². The Labute approximate surface area is 106 Å². The number of nitrogens with zero attached hydrogens (tertiary/aromatic N) is 2. The van der Waals surface area contributed by atoms with Crippen LogP contribution in [0.2, 0.25) is 0 Å². The van der Waals surface area contributed by atoms with Gasteiger partial charge in [0.25, 0.3) is 5.89 Å². The highest BCUT2D eigenvalue weighted by Crippen LogP contribution is 2.19. The van der Waals surface area contributed by atoms with Gasteiger partial charge in [-0.3, -0.25) is 0 Å². The maximum Gasteiger partial charge on any atom is 0.257 e. The van der Waals surface area contributed by atoms with Gasteiger partial charge < -0.3 is 19.3 Å². The van der Waals surface area contributed by atoms with Crippen LogP contribution in [0.1, 0.15) is 37.1 Å². The summed E-state index contributed by atoms with van der Waals surface area (Å²) in [5, 5.41) is 7.26. The van der Waals surface area contributed by atoms with Crippen molar-refractivity contribution in [3.05, 3.63) is 11.7 Å². The molecule has 6 nitrogen and oxygen atoms in total. The van der Waals surface area contributed by atoms with Crippen LogP contribution in [0.5, 0.6) is 0 Å². The van der Waals surface area contributed by atoms with Crippen LogP contribution < -0.4 is 5.32 Å². The fourth-order valence-corrected chi connectivity index (χ4v) is 2.38. The van der Waals surface area contributed by atoms with E-state index in [0.717, 1.165) is 44.8 Å². The molecule has 2 unspecified atom stereocenters. The van der Waals surface area contributed by atoms with Crippen LogP contribution in [0.4, 0.5) is 0 Å². The van der Waals surface area contributed by atoms with E-state index in [1.807, 2.05) is 0 Å². The molecule has 2 aliphatic heterocycles. The molecule has 1 N–H and O–H groups in total. The Bertz CT molecular complexity index is 370. The number of aromatic nitrogens is 2. The van der Waals surface area contributed by atoms with Gasteiger partial charge in [-0.05, 0) is 19.3 Å². The third-order valence-electron chi connectivity index (χ3n) is 3.37. The minimum atomic E-state index is -0.104. The van der Waals surface area contributed by atoms with Gasteiger partial charge in [0.1, 0.15) is 6.10 Å².